The van der Waals surface area contributed by atoms with Crippen molar-refractivity contribution >= 4 is 53.3 Å². The maximum atomic E-state index is 8.66. The highest BCUT2D eigenvalue weighted by Gasteiger charge is 2.20. The summed E-state index contributed by atoms with van der Waals surface area (Å²) < 4.78 is 46.1. The SMILES string of the molecule is [2H]c1c([2H])c([2H])c(-c2cccc3c2sc2cc(-c4nc(-c5ccccc5)nc(-c5cccc6c5c5ccccc5n6-c5ccccc5)n4)ccc23)c([2H])c1[2H]. The molecule has 0 aliphatic heterocycles. The van der Waals surface area contributed by atoms with E-state index in [4.69, 9.17) is 21.8 Å². The summed E-state index contributed by atoms with van der Waals surface area (Å²) in [5, 5.41) is 4.09. The molecule has 0 N–H and O–H groups in total. The molecule has 4 nitrogen and oxygen atoms in total. The Morgan fingerprint density at radius 1 is 0.480 bits per heavy atom. The van der Waals surface area contributed by atoms with Gasteiger partial charge in [-0.15, -0.1) is 11.3 Å². The molecule has 0 fully saturated rings. The molecule has 0 bridgehead atoms. The predicted octanol–water partition coefficient (Wildman–Crippen LogP) is 12.0. The second-order valence-corrected chi connectivity index (χ2v) is 13.1. The van der Waals surface area contributed by atoms with E-state index in [9.17, 15) is 0 Å². The first kappa shape index (κ1) is 23.8. The lowest BCUT2D eigenvalue weighted by Crippen LogP contribution is -2.00. The molecule has 5 heteroatoms. The number of aromatic nitrogens is 4. The first-order valence-electron chi connectivity index (χ1n) is 18.8. The highest BCUT2D eigenvalue weighted by Crippen LogP contribution is 2.42. The van der Waals surface area contributed by atoms with E-state index in [0.29, 0.717) is 23.0 Å². The van der Waals surface area contributed by atoms with Crippen LogP contribution < -0.4 is 0 Å². The molecule has 3 heterocycles. The summed E-state index contributed by atoms with van der Waals surface area (Å²) in [6.07, 6.45) is 0. The van der Waals surface area contributed by atoms with Crippen LogP contribution in [-0.2, 0) is 0 Å². The Morgan fingerprint density at radius 3 is 1.98 bits per heavy atom. The van der Waals surface area contributed by atoms with Gasteiger partial charge in [0.1, 0.15) is 0 Å². The van der Waals surface area contributed by atoms with Gasteiger partial charge in [0, 0.05) is 53.3 Å². The lowest BCUT2D eigenvalue weighted by atomic mass is 10.0. The topological polar surface area (TPSA) is 43.6 Å². The summed E-state index contributed by atoms with van der Waals surface area (Å²) in [4.78, 5) is 15.3. The van der Waals surface area contributed by atoms with Crippen LogP contribution >= 0.6 is 11.3 Å². The molecule has 0 unspecified atom stereocenters. The van der Waals surface area contributed by atoms with E-state index in [0.717, 1.165) is 64.4 Å². The van der Waals surface area contributed by atoms with Crippen molar-refractivity contribution in [3.63, 3.8) is 0 Å². The summed E-state index contributed by atoms with van der Waals surface area (Å²) in [5.74, 6) is 1.65. The Bertz CT molecular complexity index is 3130. The summed E-state index contributed by atoms with van der Waals surface area (Å²) in [7, 11) is 0. The van der Waals surface area contributed by atoms with Gasteiger partial charge in [-0.2, -0.15) is 0 Å². The largest absolute Gasteiger partial charge is 0.309 e. The van der Waals surface area contributed by atoms with E-state index in [1.165, 1.54) is 11.3 Å². The Morgan fingerprint density at radius 2 is 1.14 bits per heavy atom. The number of hydrogen-bond acceptors (Lipinski definition) is 4. The van der Waals surface area contributed by atoms with Crippen molar-refractivity contribution in [3.05, 3.63) is 170 Å². The van der Waals surface area contributed by atoms with Crippen LogP contribution in [0.1, 0.15) is 6.85 Å². The second-order valence-electron chi connectivity index (χ2n) is 12.1. The Hall–Kier alpha value is -6.43. The third-order valence-electron chi connectivity index (χ3n) is 9.15. The average molecular weight is 662 g/mol. The Balaban J connectivity index is 1.19. The zero-order valence-corrected chi connectivity index (χ0v) is 27.3. The van der Waals surface area contributed by atoms with Crippen molar-refractivity contribution in [2.24, 2.45) is 0 Å². The second kappa shape index (κ2) is 11.6. The molecule has 7 aromatic carbocycles. The minimum Gasteiger partial charge on any atom is -0.309 e. The first-order valence-corrected chi connectivity index (χ1v) is 17.1. The first-order chi connectivity index (χ1) is 26.9. The molecule has 10 rings (SSSR count). The summed E-state index contributed by atoms with van der Waals surface area (Å²) >= 11 is 1.52. The quantitative estimate of drug-likeness (QED) is 0.184. The monoisotopic (exact) mass is 661 g/mol. The summed E-state index contributed by atoms with van der Waals surface area (Å²) in [5.41, 5.74) is 6.59. The number of nitrogens with zero attached hydrogens (tertiary/aromatic N) is 4. The summed E-state index contributed by atoms with van der Waals surface area (Å²) in [6, 6.07) is 45.3. The smallest absolute Gasteiger partial charge is 0.164 e. The van der Waals surface area contributed by atoms with Gasteiger partial charge in [-0.3, -0.25) is 0 Å². The van der Waals surface area contributed by atoms with Crippen LogP contribution in [0.4, 0.5) is 0 Å². The van der Waals surface area contributed by atoms with Gasteiger partial charge >= 0.3 is 0 Å². The molecule has 0 aliphatic carbocycles. The fourth-order valence-corrected chi connectivity index (χ4v) is 8.18. The number of hydrogen-bond donors (Lipinski definition) is 0. The van der Waals surface area contributed by atoms with Crippen LogP contribution in [0.3, 0.4) is 0 Å². The van der Waals surface area contributed by atoms with Gasteiger partial charge in [0.2, 0.25) is 0 Å². The van der Waals surface area contributed by atoms with Crippen LogP contribution in [-0.4, -0.2) is 19.5 Å². The molecular weight excluding hydrogens is 629 g/mol. The van der Waals surface area contributed by atoms with Gasteiger partial charge in [0.05, 0.1) is 17.9 Å². The molecule has 234 valence electrons. The van der Waals surface area contributed by atoms with Gasteiger partial charge in [-0.1, -0.05) is 139 Å². The zero-order valence-electron chi connectivity index (χ0n) is 31.5. The van der Waals surface area contributed by atoms with Crippen LogP contribution in [0.2, 0.25) is 0 Å². The van der Waals surface area contributed by atoms with Gasteiger partial charge < -0.3 is 4.57 Å². The number of rotatable bonds is 5. The Kier molecular flexibility index (Phi) is 5.54. The number of fused-ring (bicyclic) bond motifs is 6. The number of benzene rings is 7. The van der Waals surface area contributed by atoms with E-state index in [1.54, 1.807) is 0 Å². The minimum absolute atomic E-state index is 0.195. The van der Waals surface area contributed by atoms with Gasteiger partial charge in [-0.25, -0.2) is 15.0 Å². The van der Waals surface area contributed by atoms with Crippen molar-refractivity contribution in [2.45, 2.75) is 0 Å². The third-order valence-corrected chi connectivity index (χ3v) is 10.3. The predicted molar refractivity (Wildman–Crippen MR) is 209 cm³/mol. The highest BCUT2D eigenvalue weighted by molar-refractivity contribution is 7.26. The van der Waals surface area contributed by atoms with E-state index < -0.39 is 6.04 Å². The molecule has 0 saturated carbocycles. The molecule has 10 aromatic rings. The molecule has 0 amide bonds. The maximum absolute atomic E-state index is 8.66. The molecule has 0 atom stereocenters. The number of para-hydroxylation sites is 2. The van der Waals surface area contributed by atoms with E-state index >= 15 is 0 Å². The van der Waals surface area contributed by atoms with Crippen molar-refractivity contribution in [1.82, 2.24) is 19.5 Å². The maximum Gasteiger partial charge on any atom is 0.164 e. The van der Waals surface area contributed by atoms with Crippen molar-refractivity contribution in [1.29, 1.82) is 0 Å². The molecular formula is C45H28N4S. The molecule has 3 aromatic heterocycles. The standard InChI is InChI=1S/C45H28N4S/c1-4-14-29(15-5-1)33-21-12-22-35-34-27-26-31(28-40(34)50-42(33)35)44-46-43(30-16-6-2-7-17-30)47-45(48-44)37-23-13-25-39-41(37)36-20-10-11-24-38(36)49(39)32-18-8-3-9-19-32/h1-28H/i1D,4D,5D,14D,15D. The average Bonchev–Trinajstić information content (AvgIpc) is 3.79. The fraction of sp³-hybridized carbons (Fsp3) is 0. The van der Waals surface area contributed by atoms with Crippen molar-refractivity contribution in [3.8, 4) is 51.0 Å². The fourth-order valence-electron chi connectivity index (χ4n) is 6.92. The van der Waals surface area contributed by atoms with Gasteiger partial charge in [-0.05, 0) is 41.5 Å². The molecule has 0 radical (unpaired) electrons. The lowest BCUT2D eigenvalue weighted by molar-refractivity contribution is 1.08. The molecule has 0 aliphatic rings. The van der Waals surface area contributed by atoms with Crippen molar-refractivity contribution < 1.29 is 6.85 Å². The zero-order chi connectivity index (χ0) is 37.4. The van der Waals surface area contributed by atoms with Crippen LogP contribution in [0.15, 0.2) is 170 Å². The van der Waals surface area contributed by atoms with E-state index in [2.05, 4.69) is 71.3 Å². The summed E-state index contributed by atoms with van der Waals surface area (Å²) in [6.45, 7) is 0. The normalized spacial score (nSPS) is 13.0. The molecule has 50 heavy (non-hydrogen) atoms. The van der Waals surface area contributed by atoms with Crippen LogP contribution in [0.25, 0.3) is 93.0 Å². The van der Waals surface area contributed by atoms with E-state index in [1.807, 2.05) is 72.8 Å². The van der Waals surface area contributed by atoms with Gasteiger partial charge in [0.15, 0.2) is 17.5 Å². The molecule has 0 saturated heterocycles. The molecule has 0 spiro atoms. The van der Waals surface area contributed by atoms with Crippen LogP contribution in [0, 0.1) is 0 Å². The minimum atomic E-state index is -0.406. The van der Waals surface area contributed by atoms with Gasteiger partial charge in [0.25, 0.3) is 0 Å². The van der Waals surface area contributed by atoms with Crippen LogP contribution in [0.5, 0.6) is 0 Å². The number of thiophene rings is 1. The third kappa shape index (κ3) is 4.63. The lowest BCUT2D eigenvalue weighted by Gasteiger charge is -2.10. The Labute approximate surface area is 299 Å². The van der Waals surface area contributed by atoms with Crippen molar-refractivity contribution in [2.75, 3.05) is 0 Å². The highest BCUT2D eigenvalue weighted by atomic mass is 32.1. The van der Waals surface area contributed by atoms with E-state index in [-0.39, 0.29) is 29.7 Å².